The molecule has 0 heterocycles. The van der Waals surface area contributed by atoms with Gasteiger partial charge < -0.3 is 20.9 Å². The number of nitrogens with one attached hydrogen (secondary N) is 1. The average molecular weight is 238 g/mol. The summed E-state index contributed by atoms with van der Waals surface area (Å²) in [5.41, 5.74) is 6.48. The fraction of sp³-hybridized carbons (Fsp3) is 0.538. The standard InChI is InChI=1S/C13H22N2O2/c14-7-4-8-15-9-13(16)11-17-10-12-5-2-1-3-6-12/h1-3,5-6,13,15-16H,4,7-11,14H2. The maximum atomic E-state index is 9.61. The average Bonchev–Trinajstić information content (AvgIpc) is 2.36. The molecule has 0 saturated heterocycles. The van der Waals surface area contributed by atoms with Crippen LogP contribution < -0.4 is 11.1 Å². The molecule has 0 spiro atoms. The molecule has 0 amide bonds. The van der Waals surface area contributed by atoms with Gasteiger partial charge >= 0.3 is 0 Å². The van der Waals surface area contributed by atoms with E-state index in [0.29, 0.717) is 26.3 Å². The molecule has 96 valence electrons. The number of rotatable bonds is 9. The predicted octanol–water partition coefficient (Wildman–Crippen LogP) is 0.503. The van der Waals surface area contributed by atoms with Gasteiger partial charge in [0, 0.05) is 6.54 Å². The Bertz CT molecular complexity index is 280. The van der Waals surface area contributed by atoms with Crippen LogP contribution in [0, 0.1) is 0 Å². The van der Waals surface area contributed by atoms with Gasteiger partial charge in [-0.25, -0.2) is 0 Å². The molecule has 1 unspecified atom stereocenters. The van der Waals surface area contributed by atoms with Gasteiger partial charge in [0.05, 0.1) is 19.3 Å². The molecule has 4 N–H and O–H groups in total. The van der Waals surface area contributed by atoms with Crippen LogP contribution in [0.3, 0.4) is 0 Å². The maximum Gasteiger partial charge on any atom is 0.0897 e. The fourth-order valence-electron chi connectivity index (χ4n) is 1.44. The smallest absolute Gasteiger partial charge is 0.0897 e. The van der Waals surface area contributed by atoms with Gasteiger partial charge in [-0.2, -0.15) is 0 Å². The van der Waals surface area contributed by atoms with Gasteiger partial charge in [0.25, 0.3) is 0 Å². The summed E-state index contributed by atoms with van der Waals surface area (Å²) in [6.45, 7) is 2.96. The Morgan fingerprint density at radius 1 is 1.29 bits per heavy atom. The van der Waals surface area contributed by atoms with E-state index in [-0.39, 0.29) is 0 Å². The highest BCUT2D eigenvalue weighted by Crippen LogP contribution is 2.00. The van der Waals surface area contributed by atoms with Crippen LogP contribution in [0.15, 0.2) is 30.3 Å². The summed E-state index contributed by atoms with van der Waals surface area (Å²) in [7, 11) is 0. The number of nitrogens with two attached hydrogens (primary N) is 1. The van der Waals surface area contributed by atoms with Crippen molar-refractivity contribution in [1.82, 2.24) is 5.32 Å². The van der Waals surface area contributed by atoms with Crippen LogP contribution in [0.2, 0.25) is 0 Å². The van der Waals surface area contributed by atoms with Crippen molar-refractivity contribution in [2.75, 3.05) is 26.2 Å². The summed E-state index contributed by atoms with van der Waals surface area (Å²) in [5, 5.41) is 12.7. The van der Waals surface area contributed by atoms with E-state index in [0.717, 1.165) is 18.5 Å². The van der Waals surface area contributed by atoms with E-state index in [9.17, 15) is 5.11 Å². The molecule has 4 heteroatoms. The van der Waals surface area contributed by atoms with E-state index in [4.69, 9.17) is 10.5 Å². The molecule has 0 aliphatic rings. The van der Waals surface area contributed by atoms with Gasteiger partial charge in [-0.1, -0.05) is 30.3 Å². The van der Waals surface area contributed by atoms with Crippen LogP contribution >= 0.6 is 0 Å². The van der Waals surface area contributed by atoms with Gasteiger partial charge in [-0.05, 0) is 25.1 Å². The van der Waals surface area contributed by atoms with Crippen molar-refractivity contribution in [1.29, 1.82) is 0 Å². The lowest BCUT2D eigenvalue weighted by Crippen LogP contribution is -2.31. The van der Waals surface area contributed by atoms with E-state index in [1.807, 2.05) is 30.3 Å². The Morgan fingerprint density at radius 3 is 2.76 bits per heavy atom. The van der Waals surface area contributed by atoms with Crippen LogP contribution in [0.1, 0.15) is 12.0 Å². The van der Waals surface area contributed by atoms with Crippen LogP contribution in [-0.4, -0.2) is 37.5 Å². The Balaban J connectivity index is 2.02. The van der Waals surface area contributed by atoms with Gasteiger partial charge in [0.1, 0.15) is 0 Å². The van der Waals surface area contributed by atoms with Crippen molar-refractivity contribution in [2.45, 2.75) is 19.1 Å². The van der Waals surface area contributed by atoms with Crippen LogP contribution in [0.25, 0.3) is 0 Å². The van der Waals surface area contributed by atoms with Crippen molar-refractivity contribution in [3.63, 3.8) is 0 Å². The summed E-state index contributed by atoms with van der Waals surface area (Å²) in [6, 6.07) is 9.93. The monoisotopic (exact) mass is 238 g/mol. The van der Waals surface area contributed by atoms with Crippen molar-refractivity contribution in [3.8, 4) is 0 Å². The second kappa shape index (κ2) is 9.13. The van der Waals surface area contributed by atoms with E-state index >= 15 is 0 Å². The molecule has 0 aliphatic heterocycles. The molecule has 1 aromatic carbocycles. The molecule has 1 rings (SSSR count). The largest absolute Gasteiger partial charge is 0.389 e. The minimum Gasteiger partial charge on any atom is -0.389 e. The fourth-order valence-corrected chi connectivity index (χ4v) is 1.44. The lowest BCUT2D eigenvalue weighted by Gasteiger charge is -2.12. The minimum atomic E-state index is -0.462. The molecule has 17 heavy (non-hydrogen) atoms. The molecule has 0 bridgehead atoms. The first-order valence-corrected chi connectivity index (χ1v) is 6.03. The maximum absolute atomic E-state index is 9.61. The van der Waals surface area contributed by atoms with Crippen LogP contribution in [0.5, 0.6) is 0 Å². The molecule has 0 aromatic heterocycles. The quantitative estimate of drug-likeness (QED) is 0.548. The molecule has 1 atom stereocenters. The number of benzene rings is 1. The highest BCUT2D eigenvalue weighted by molar-refractivity contribution is 5.13. The second-order valence-corrected chi connectivity index (χ2v) is 4.00. The lowest BCUT2D eigenvalue weighted by molar-refractivity contribution is 0.0289. The zero-order valence-corrected chi connectivity index (χ0v) is 10.1. The van der Waals surface area contributed by atoms with E-state index in [2.05, 4.69) is 5.32 Å². The zero-order valence-electron chi connectivity index (χ0n) is 10.1. The first kappa shape index (κ1) is 14.1. The van der Waals surface area contributed by atoms with Crippen molar-refractivity contribution >= 4 is 0 Å². The summed E-state index contributed by atoms with van der Waals surface area (Å²) in [6.07, 6.45) is 0.467. The number of aliphatic hydroxyl groups excluding tert-OH is 1. The number of aliphatic hydroxyl groups is 1. The van der Waals surface area contributed by atoms with Gasteiger partial charge in [0.15, 0.2) is 0 Å². The third-order valence-electron chi connectivity index (χ3n) is 2.36. The summed E-state index contributed by atoms with van der Waals surface area (Å²) in [4.78, 5) is 0. The Morgan fingerprint density at radius 2 is 2.06 bits per heavy atom. The molecular formula is C13H22N2O2. The van der Waals surface area contributed by atoms with Crippen molar-refractivity contribution in [3.05, 3.63) is 35.9 Å². The van der Waals surface area contributed by atoms with Gasteiger partial charge in [-0.15, -0.1) is 0 Å². The molecule has 0 aliphatic carbocycles. The predicted molar refractivity (Wildman–Crippen MR) is 68.6 cm³/mol. The summed E-state index contributed by atoms with van der Waals surface area (Å²) < 4.78 is 5.42. The third-order valence-corrected chi connectivity index (χ3v) is 2.36. The normalized spacial score (nSPS) is 12.6. The van der Waals surface area contributed by atoms with Gasteiger partial charge in [-0.3, -0.25) is 0 Å². The van der Waals surface area contributed by atoms with Crippen LogP contribution in [-0.2, 0) is 11.3 Å². The van der Waals surface area contributed by atoms with E-state index in [1.165, 1.54) is 0 Å². The Hall–Kier alpha value is -0.940. The SMILES string of the molecule is NCCCNCC(O)COCc1ccccc1. The van der Waals surface area contributed by atoms with Gasteiger partial charge in [0.2, 0.25) is 0 Å². The lowest BCUT2D eigenvalue weighted by atomic mass is 10.2. The molecule has 0 saturated carbocycles. The topological polar surface area (TPSA) is 67.5 Å². The van der Waals surface area contributed by atoms with Crippen molar-refractivity contribution in [2.24, 2.45) is 5.73 Å². The third kappa shape index (κ3) is 7.07. The van der Waals surface area contributed by atoms with Crippen molar-refractivity contribution < 1.29 is 9.84 Å². The minimum absolute atomic E-state index is 0.352. The molecule has 4 nitrogen and oxygen atoms in total. The summed E-state index contributed by atoms with van der Waals surface area (Å²) >= 11 is 0. The first-order valence-electron chi connectivity index (χ1n) is 6.03. The Kier molecular flexibility index (Phi) is 7.58. The number of ether oxygens (including phenoxy) is 1. The van der Waals surface area contributed by atoms with Crippen LogP contribution in [0.4, 0.5) is 0 Å². The highest BCUT2D eigenvalue weighted by Gasteiger charge is 2.03. The number of hydrogen-bond acceptors (Lipinski definition) is 4. The van der Waals surface area contributed by atoms with E-state index < -0.39 is 6.10 Å². The zero-order chi connectivity index (χ0) is 12.3. The summed E-state index contributed by atoms with van der Waals surface area (Å²) in [5.74, 6) is 0. The Labute approximate surface area is 103 Å². The highest BCUT2D eigenvalue weighted by atomic mass is 16.5. The molecule has 0 fully saturated rings. The molecule has 1 aromatic rings. The molecule has 0 radical (unpaired) electrons. The first-order chi connectivity index (χ1) is 8.33. The number of hydrogen-bond donors (Lipinski definition) is 3. The van der Waals surface area contributed by atoms with E-state index in [1.54, 1.807) is 0 Å². The second-order valence-electron chi connectivity index (χ2n) is 4.00. The molecular weight excluding hydrogens is 216 g/mol.